The Morgan fingerprint density at radius 3 is 2.07 bits per heavy atom. The van der Waals surface area contributed by atoms with Crippen LogP contribution in [-0.2, 0) is 6.42 Å². The number of benzene rings is 1. The first-order chi connectivity index (χ1) is 7.20. The first kappa shape index (κ1) is 11.8. The topological polar surface area (TPSA) is 0 Å². The Kier molecular flexibility index (Phi) is 4.36. The minimum Gasteiger partial charge on any atom is -0.103 e. The maximum absolute atomic E-state index is 3.84. The summed E-state index contributed by atoms with van der Waals surface area (Å²) in [7, 11) is 0. The van der Waals surface area contributed by atoms with Crippen molar-refractivity contribution in [2.24, 2.45) is 5.41 Å². The van der Waals surface area contributed by atoms with Crippen LogP contribution in [0.2, 0.25) is 0 Å². The molecule has 0 radical (unpaired) electrons. The lowest BCUT2D eigenvalue weighted by Gasteiger charge is -2.27. The maximum Gasteiger partial charge on any atom is -0.0217 e. The molecule has 0 unspecified atom stereocenters. The first-order valence-corrected chi connectivity index (χ1v) is 5.46. The van der Waals surface area contributed by atoms with E-state index in [1.54, 1.807) is 0 Å². The van der Waals surface area contributed by atoms with Crippen molar-refractivity contribution in [1.82, 2.24) is 0 Å². The second-order valence-corrected chi connectivity index (χ2v) is 4.46. The fraction of sp³-hybridized carbons (Fsp3) is 0.333. The van der Waals surface area contributed by atoms with Crippen LogP contribution in [0.3, 0.4) is 0 Å². The van der Waals surface area contributed by atoms with Crippen molar-refractivity contribution in [1.29, 1.82) is 0 Å². The van der Waals surface area contributed by atoms with Gasteiger partial charge in [-0.05, 0) is 30.2 Å². The van der Waals surface area contributed by atoms with Crippen LogP contribution in [0.25, 0.3) is 0 Å². The molecule has 80 valence electrons. The zero-order valence-electron chi connectivity index (χ0n) is 9.58. The van der Waals surface area contributed by atoms with Crippen molar-refractivity contribution in [2.75, 3.05) is 0 Å². The molecule has 0 saturated carbocycles. The van der Waals surface area contributed by atoms with Crippen LogP contribution < -0.4 is 0 Å². The molecule has 0 spiro atoms. The van der Waals surface area contributed by atoms with E-state index in [4.69, 9.17) is 0 Å². The minimum absolute atomic E-state index is 0.269. The number of hydrogen-bond donors (Lipinski definition) is 0. The van der Waals surface area contributed by atoms with Gasteiger partial charge in [-0.1, -0.05) is 49.4 Å². The summed E-state index contributed by atoms with van der Waals surface area (Å²) in [4.78, 5) is 0. The number of allylic oxidation sites excluding steroid dienone is 2. The van der Waals surface area contributed by atoms with Gasteiger partial charge in [-0.15, -0.1) is 13.2 Å². The molecule has 0 bridgehead atoms. The number of hydrogen-bond acceptors (Lipinski definition) is 0. The molecule has 1 aromatic carbocycles. The van der Waals surface area contributed by atoms with Gasteiger partial charge < -0.3 is 0 Å². The molecule has 0 aliphatic heterocycles. The smallest absolute Gasteiger partial charge is 0.0217 e. The first-order valence-electron chi connectivity index (χ1n) is 5.46. The standard InChI is InChI=1S/C15H20/c1-4-11-15(3,12-5-2)13-14-9-7-6-8-10-14/h4-10H,1-2,11-13H2,3H3. The number of rotatable bonds is 6. The van der Waals surface area contributed by atoms with Crippen LogP contribution in [0.15, 0.2) is 55.6 Å². The Hall–Kier alpha value is -1.30. The molecule has 15 heavy (non-hydrogen) atoms. The lowest BCUT2D eigenvalue weighted by molar-refractivity contribution is 0.330. The molecule has 0 heteroatoms. The van der Waals surface area contributed by atoms with E-state index < -0.39 is 0 Å². The van der Waals surface area contributed by atoms with E-state index in [1.165, 1.54) is 5.56 Å². The van der Waals surface area contributed by atoms with Crippen molar-refractivity contribution >= 4 is 0 Å². The van der Waals surface area contributed by atoms with Gasteiger partial charge in [-0.2, -0.15) is 0 Å². The fourth-order valence-corrected chi connectivity index (χ4v) is 2.01. The molecule has 0 aromatic heterocycles. The van der Waals surface area contributed by atoms with Gasteiger partial charge >= 0.3 is 0 Å². The van der Waals surface area contributed by atoms with Crippen LogP contribution in [0.1, 0.15) is 25.3 Å². The summed E-state index contributed by atoms with van der Waals surface area (Å²) in [5, 5.41) is 0. The summed E-state index contributed by atoms with van der Waals surface area (Å²) in [6.07, 6.45) is 7.17. The predicted molar refractivity (Wildman–Crippen MR) is 67.9 cm³/mol. The quantitative estimate of drug-likeness (QED) is 0.597. The SMILES string of the molecule is C=CCC(C)(CC=C)Cc1ccccc1. The van der Waals surface area contributed by atoms with Crippen LogP contribution in [-0.4, -0.2) is 0 Å². The van der Waals surface area contributed by atoms with Crippen LogP contribution in [0.4, 0.5) is 0 Å². The van der Waals surface area contributed by atoms with Gasteiger partial charge in [-0.25, -0.2) is 0 Å². The molecule has 1 rings (SSSR count). The highest BCUT2D eigenvalue weighted by molar-refractivity contribution is 5.17. The molecular weight excluding hydrogens is 180 g/mol. The van der Waals surface area contributed by atoms with E-state index in [9.17, 15) is 0 Å². The molecule has 0 aliphatic rings. The highest BCUT2D eigenvalue weighted by atomic mass is 14.3. The van der Waals surface area contributed by atoms with Crippen molar-refractivity contribution in [3.63, 3.8) is 0 Å². The molecule has 1 aromatic rings. The lowest BCUT2D eigenvalue weighted by Crippen LogP contribution is -2.17. The normalized spacial score (nSPS) is 11.0. The summed E-state index contributed by atoms with van der Waals surface area (Å²) in [6.45, 7) is 9.97. The molecule has 0 aliphatic carbocycles. The van der Waals surface area contributed by atoms with E-state index >= 15 is 0 Å². The van der Waals surface area contributed by atoms with E-state index in [-0.39, 0.29) is 5.41 Å². The molecule has 0 saturated heterocycles. The summed E-state index contributed by atoms with van der Waals surface area (Å²) in [6, 6.07) is 10.6. The monoisotopic (exact) mass is 200 g/mol. The van der Waals surface area contributed by atoms with Gasteiger partial charge in [0.15, 0.2) is 0 Å². The summed E-state index contributed by atoms with van der Waals surface area (Å²) in [5.74, 6) is 0. The van der Waals surface area contributed by atoms with Crippen LogP contribution in [0.5, 0.6) is 0 Å². The van der Waals surface area contributed by atoms with Gasteiger partial charge in [0.05, 0.1) is 0 Å². The third-order valence-electron chi connectivity index (χ3n) is 2.75. The minimum atomic E-state index is 0.269. The van der Waals surface area contributed by atoms with Gasteiger partial charge in [0.1, 0.15) is 0 Å². The van der Waals surface area contributed by atoms with Crippen LogP contribution in [0, 0.1) is 5.41 Å². The highest BCUT2D eigenvalue weighted by Crippen LogP contribution is 2.31. The molecule has 0 nitrogen and oxygen atoms in total. The van der Waals surface area contributed by atoms with Crippen molar-refractivity contribution in [3.8, 4) is 0 Å². The summed E-state index contributed by atoms with van der Waals surface area (Å²) >= 11 is 0. The average molecular weight is 200 g/mol. The molecular formula is C15H20. The molecule has 0 atom stereocenters. The molecule has 0 amide bonds. The van der Waals surface area contributed by atoms with Crippen LogP contribution >= 0.6 is 0 Å². The van der Waals surface area contributed by atoms with E-state index in [0.29, 0.717) is 0 Å². The van der Waals surface area contributed by atoms with Crippen molar-refractivity contribution < 1.29 is 0 Å². The van der Waals surface area contributed by atoms with E-state index in [0.717, 1.165) is 19.3 Å². The second-order valence-electron chi connectivity index (χ2n) is 4.46. The zero-order chi connectivity index (χ0) is 11.1. The largest absolute Gasteiger partial charge is 0.103 e. The Morgan fingerprint density at radius 2 is 1.60 bits per heavy atom. The van der Waals surface area contributed by atoms with E-state index in [2.05, 4.69) is 50.4 Å². The molecule has 0 heterocycles. The van der Waals surface area contributed by atoms with Gasteiger partial charge in [0.2, 0.25) is 0 Å². The van der Waals surface area contributed by atoms with Gasteiger partial charge in [0.25, 0.3) is 0 Å². The molecule has 0 fully saturated rings. The van der Waals surface area contributed by atoms with Gasteiger partial charge in [0, 0.05) is 0 Å². The molecule has 0 N–H and O–H groups in total. The predicted octanol–water partition coefficient (Wildman–Crippen LogP) is 4.39. The maximum atomic E-state index is 3.84. The Morgan fingerprint density at radius 1 is 1.07 bits per heavy atom. The average Bonchev–Trinajstić information content (AvgIpc) is 2.19. The summed E-state index contributed by atoms with van der Waals surface area (Å²) < 4.78 is 0. The Bertz CT molecular complexity index is 298. The summed E-state index contributed by atoms with van der Waals surface area (Å²) in [5.41, 5.74) is 1.66. The third kappa shape index (κ3) is 3.75. The lowest BCUT2D eigenvalue weighted by atomic mass is 9.78. The fourth-order valence-electron chi connectivity index (χ4n) is 2.01. The van der Waals surface area contributed by atoms with Crippen molar-refractivity contribution in [2.45, 2.75) is 26.2 Å². The zero-order valence-corrected chi connectivity index (χ0v) is 9.58. The second kappa shape index (κ2) is 5.55. The highest BCUT2D eigenvalue weighted by Gasteiger charge is 2.21. The Labute approximate surface area is 93.3 Å². The van der Waals surface area contributed by atoms with E-state index in [1.807, 2.05) is 12.2 Å². The third-order valence-corrected chi connectivity index (χ3v) is 2.75. The Balaban J connectivity index is 2.74. The van der Waals surface area contributed by atoms with Crippen molar-refractivity contribution in [3.05, 3.63) is 61.2 Å². The van der Waals surface area contributed by atoms with Gasteiger partial charge in [-0.3, -0.25) is 0 Å².